The van der Waals surface area contributed by atoms with Gasteiger partial charge in [-0.15, -0.1) is 0 Å². The van der Waals surface area contributed by atoms with Crippen LogP contribution in [0.25, 0.3) is 11.1 Å². The van der Waals surface area contributed by atoms with E-state index in [2.05, 4.69) is 31.6 Å². The van der Waals surface area contributed by atoms with Gasteiger partial charge in [-0.3, -0.25) is 33.8 Å². The van der Waals surface area contributed by atoms with Crippen LogP contribution in [0.15, 0.2) is 90.2 Å². The van der Waals surface area contributed by atoms with Crippen molar-refractivity contribution < 1.29 is 38.2 Å². The van der Waals surface area contributed by atoms with E-state index in [-0.39, 0.29) is 48.6 Å². The van der Waals surface area contributed by atoms with Crippen LogP contribution < -0.4 is 41.8 Å². The minimum absolute atomic E-state index is 0.0206. The number of nitrogens with two attached hydrogens (primary N) is 1. The van der Waals surface area contributed by atoms with Crippen LogP contribution in [0, 0.1) is 5.92 Å². The molecule has 2 aliphatic rings. The van der Waals surface area contributed by atoms with Crippen molar-refractivity contribution >= 4 is 70.1 Å². The number of anilines is 4. The number of fused-ring (bicyclic) bond motifs is 2. The molecule has 1 fully saturated rings. The number of nitrogens with one attached hydrogen (secondary N) is 5. The summed E-state index contributed by atoms with van der Waals surface area (Å²) in [6.07, 6.45) is 8.79. The molecule has 0 saturated carbocycles. The molecule has 0 unspecified atom stereocenters. The fourth-order valence-corrected chi connectivity index (χ4v) is 7.93. The van der Waals surface area contributed by atoms with Crippen molar-refractivity contribution in [3.63, 3.8) is 0 Å². The summed E-state index contributed by atoms with van der Waals surface area (Å²) in [6.45, 7) is 6.14. The lowest BCUT2D eigenvalue weighted by atomic mass is 10.0. The summed E-state index contributed by atoms with van der Waals surface area (Å²) in [5, 5.41) is 14.0. The Morgan fingerprint density at radius 3 is 2.04 bits per heavy atom. The fourth-order valence-electron chi connectivity index (χ4n) is 7.93. The molecule has 2 aliphatic heterocycles. The Morgan fingerprint density at radius 1 is 0.750 bits per heavy atom. The van der Waals surface area contributed by atoms with Gasteiger partial charge in [-0.05, 0) is 98.7 Å². The van der Waals surface area contributed by atoms with Crippen molar-refractivity contribution in [3.05, 3.63) is 102 Å². The van der Waals surface area contributed by atoms with E-state index in [0.29, 0.717) is 69.9 Å². The van der Waals surface area contributed by atoms with Gasteiger partial charge in [0.05, 0.1) is 42.7 Å². The number of nitrogens with zero attached hydrogens (tertiary/aromatic N) is 4. The Labute approximate surface area is 394 Å². The zero-order valence-corrected chi connectivity index (χ0v) is 39.1. The molecule has 0 radical (unpaired) electrons. The smallest absolute Gasteiger partial charge is 0.272 e. The molecule has 6 amide bonds. The van der Waals surface area contributed by atoms with Gasteiger partial charge in [0, 0.05) is 74.4 Å². The van der Waals surface area contributed by atoms with Gasteiger partial charge in [0.15, 0.2) is 11.5 Å². The van der Waals surface area contributed by atoms with Crippen LogP contribution in [-0.4, -0.2) is 94.1 Å². The molecular weight excluding hydrogens is 869 g/mol. The maximum Gasteiger partial charge on any atom is 0.272 e. The van der Waals surface area contributed by atoms with E-state index in [9.17, 15) is 28.8 Å². The van der Waals surface area contributed by atoms with Crippen molar-refractivity contribution in [3.8, 4) is 22.6 Å². The number of ether oxygens (including phenoxy) is 2. The maximum absolute atomic E-state index is 13.3. The summed E-state index contributed by atoms with van der Waals surface area (Å²) < 4.78 is 14.9. The molecule has 1 saturated heterocycles. The largest absolute Gasteiger partial charge is 0.493 e. The average Bonchev–Trinajstić information content (AvgIpc) is 3.87. The first-order chi connectivity index (χ1) is 32.6. The predicted molar refractivity (Wildman–Crippen MR) is 261 cm³/mol. The second kappa shape index (κ2) is 21.3. The normalized spacial score (nSPS) is 15.0. The number of hydrogen-bond acceptors (Lipinski definition) is 10. The molecule has 2 aromatic heterocycles. The lowest BCUT2D eigenvalue weighted by Gasteiger charge is -2.32. The summed E-state index contributed by atoms with van der Waals surface area (Å²) >= 11 is 0. The molecule has 4 heterocycles. The van der Waals surface area contributed by atoms with E-state index in [0.717, 1.165) is 30.4 Å². The van der Waals surface area contributed by atoms with Gasteiger partial charge < -0.3 is 55.8 Å². The number of methoxy groups -OCH3 is 1. The molecule has 7 rings (SSSR count). The molecule has 68 heavy (non-hydrogen) atoms. The minimum Gasteiger partial charge on any atom is -0.493 e. The monoisotopic (exact) mass is 926 g/mol. The summed E-state index contributed by atoms with van der Waals surface area (Å²) in [4.78, 5) is 84.2. The van der Waals surface area contributed by atoms with Crippen molar-refractivity contribution in [2.75, 3.05) is 41.5 Å². The van der Waals surface area contributed by atoms with Gasteiger partial charge >= 0.3 is 0 Å². The second-order valence-corrected chi connectivity index (χ2v) is 17.4. The number of amides is 6. The number of aromatic nitrogens is 2. The lowest BCUT2D eigenvalue weighted by Crippen LogP contribution is -2.50. The number of benzene rings is 3. The first kappa shape index (κ1) is 48.2. The molecule has 3 aromatic carbocycles. The standard InChI is InChI=1S/C50H58N10O8/c1-29(2)45(51)49(65)53-30(3)46(62)55-34-16-18-35(19-17-34)57-47(63)40-22-32(27-58(40)4)31-12-14-33(15-13-31)56-48(64)41-23-36(28-59(41)5)54-44(61)11-9-21-68-43-25-39-38(24-42(43)67-6)50(66)60-20-8-7-10-37(60)26-52-39/h12-19,22-30,37,45H,7-11,20-21,51H2,1-6H3,(H,53,65)(H,54,61)(H,55,62)(H,56,64)(H,57,63)/t30-,37-,45-/m0/s1. The summed E-state index contributed by atoms with van der Waals surface area (Å²) in [5.41, 5.74) is 11.3. The van der Waals surface area contributed by atoms with Crippen LogP contribution in [0.4, 0.5) is 28.4 Å². The number of aryl methyl sites for hydroxylation is 2. The van der Waals surface area contributed by atoms with Gasteiger partial charge in [0.1, 0.15) is 17.4 Å². The minimum atomic E-state index is -0.802. The quantitative estimate of drug-likeness (QED) is 0.0560. The molecule has 7 N–H and O–H groups in total. The summed E-state index contributed by atoms with van der Waals surface area (Å²) in [6, 6.07) is 19.0. The van der Waals surface area contributed by atoms with E-state index in [1.54, 1.807) is 97.0 Å². The Hall–Kier alpha value is -7.73. The van der Waals surface area contributed by atoms with E-state index in [1.165, 1.54) is 7.11 Å². The van der Waals surface area contributed by atoms with Crippen molar-refractivity contribution in [2.24, 2.45) is 30.7 Å². The molecule has 356 valence electrons. The first-order valence-corrected chi connectivity index (χ1v) is 22.6. The lowest BCUT2D eigenvalue weighted by molar-refractivity contribution is -0.127. The van der Waals surface area contributed by atoms with Crippen LogP contribution in [0.5, 0.6) is 11.5 Å². The highest BCUT2D eigenvalue weighted by molar-refractivity contribution is 6.06. The highest BCUT2D eigenvalue weighted by Crippen LogP contribution is 2.38. The Bertz CT molecular complexity index is 2720. The van der Waals surface area contributed by atoms with Gasteiger partial charge in [-0.2, -0.15) is 0 Å². The van der Waals surface area contributed by atoms with Crippen LogP contribution >= 0.6 is 0 Å². The Morgan fingerprint density at radius 2 is 1.38 bits per heavy atom. The molecule has 3 atom stereocenters. The van der Waals surface area contributed by atoms with Gasteiger partial charge in [0.2, 0.25) is 17.7 Å². The molecule has 0 bridgehead atoms. The zero-order valence-electron chi connectivity index (χ0n) is 39.1. The third kappa shape index (κ3) is 11.4. The van der Waals surface area contributed by atoms with E-state index < -0.39 is 23.9 Å². The SMILES string of the molecule is COc1cc2c(cc1OCCCC(=O)Nc1cc(C(=O)Nc3ccc(-c4cc(C(=O)Nc5ccc(NC(=O)[C@H](C)NC(=O)[C@@H](N)C(C)C)cc5)n(C)c4)cc3)n(C)c1)N=C[C@@H]1CCCCN1C2=O. The molecule has 5 aromatic rings. The average molecular weight is 927 g/mol. The third-order valence-electron chi connectivity index (χ3n) is 11.9. The maximum atomic E-state index is 13.3. The number of rotatable bonds is 17. The Balaban J connectivity index is 0.867. The number of hydrogen-bond donors (Lipinski definition) is 6. The van der Waals surface area contributed by atoms with E-state index >= 15 is 0 Å². The number of piperidine rings is 1. The van der Waals surface area contributed by atoms with Crippen LogP contribution in [-0.2, 0) is 28.5 Å². The second-order valence-electron chi connectivity index (χ2n) is 17.4. The zero-order chi connectivity index (χ0) is 48.6. The van der Waals surface area contributed by atoms with Crippen LogP contribution in [0.1, 0.15) is 84.2 Å². The number of aliphatic imine (C=N–C) groups is 1. The molecule has 0 spiro atoms. The van der Waals surface area contributed by atoms with Gasteiger partial charge in [-0.25, -0.2) is 0 Å². The van der Waals surface area contributed by atoms with Crippen LogP contribution in [0.3, 0.4) is 0 Å². The molecule has 18 nitrogen and oxygen atoms in total. The highest BCUT2D eigenvalue weighted by atomic mass is 16.5. The van der Waals surface area contributed by atoms with Crippen molar-refractivity contribution in [1.82, 2.24) is 19.4 Å². The van der Waals surface area contributed by atoms with E-state index in [4.69, 9.17) is 15.2 Å². The van der Waals surface area contributed by atoms with Crippen molar-refractivity contribution in [1.29, 1.82) is 0 Å². The number of carbonyl (C=O) groups is 6. The Kier molecular flexibility index (Phi) is 15.1. The molecular formula is C50H58N10O8. The van der Waals surface area contributed by atoms with Gasteiger partial charge in [-0.1, -0.05) is 26.0 Å². The molecule has 0 aliphatic carbocycles. The summed E-state index contributed by atoms with van der Waals surface area (Å²) in [7, 11) is 5.00. The van der Waals surface area contributed by atoms with Crippen LogP contribution in [0.2, 0.25) is 0 Å². The summed E-state index contributed by atoms with van der Waals surface area (Å²) in [5.74, 6) is -1.05. The topological polar surface area (TPSA) is 233 Å². The molecule has 18 heteroatoms. The van der Waals surface area contributed by atoms with E-state index in [1.807, 2.05) is 43.3 Å². The number of carbonyl (C=O) groups excluding carboxylic acids is 6. The first-order valence-electron chi connectivity index (χ1n) is 22.6. The highest BCUT2D eigenvalue weighted by Gasteiger charge is 2.31. The fraction of sp³-hybridized carbons (Fsp3) is 0.340. The van der Waals surface area contributed by atoms with Crippen molar-refractivity contribution in [2.45, 2.75) is 71.0 Å². The predicted octanol–water partition coefficient (Wildman–Crippen LogP) is 6.48. The van der Waals surface area contributed by atoms with Gasteiger partial charge in [0.25, 0.3) is 17.7 Å². The third-order valence-corrected chi connectivity index (χ3v) is 11.9.